The Labute approximate surface area is 95.4 Å². The first-order valence-electron chi connectivity index (χ1n) is 5.72. The molecule has 0 aromatic carbocycles. The van der Waals surface area contributed by atoms with Crippen molar-refractivity contribution >= 4 is 5.91 Å². The summed E-state index contributed by atoms with van der Waals surface area (Å²) in [7, 11) is 0. The lowest BCUT2D eigenvalue weighted by atomic mass is 10.1. The Morgan fingerprint density at radius 3 is 3.06 bits per heavy atom. The summed E-state index contributed by atoms with van der Waals surface area (Å²) in [6.45, 7) is 3.44. The molecule has 1 aromatic rings. The fourth-order valence-corrected chi connectivity index (χ4v) is 2.22. The molecule has 0 saturated carbocycles. The number of nitrogens with zero attached hydrogens (tertiary/aromatic N) is 1. The monoisotopic (exact) mass is 222 g/mol. The minimum absolute atomic E-state index is 0.190. The third-order valence-electron chi connectivity index (χ3n) is 3.18. The lowest BCUT2D eigenvalue weighted by molar-refractivity contribution is -0.129. The van der Waals surface area contributed by atoms with Crippen molar-refractivity contribution in [2.24, 2.45) is 11.7 Å². The topological polar surface area (TPSA) is 59.5 Å². The molecule has 88 valence electrons. The van der Waals surface area contributed by atoms with E-state index >= 15 is 0 Å². The second-order valence-corrected chi connectivity index (χ2v) is 4.48. The van der Waals surface area contributed by atoms with Gasteiger partial charge in [-0.25, -0.2) is 0 Å². The fourth-order valence-electron chi connectivity index (χ4n) is 2.22. The van der Waals surface area contributed by atoms with Crippen LogP contribution >= 0.6 is 0 Å². The standard InChI is InChI=1S/C12H18N2O2/c1-9(5-11-3-2-4-16-11)14-8-10(7-13)6-12(14)15/h2-4,9-10H,5-8,13H2,1H3. The molecular formula is C12H18N2O2. The molecule has 16 heavy (non-hydrogen) atoms. The van der Waals surface area contributed by atoms with E-state index in [0.29, 0.717) is 18.9 Å². The van der Waals surface area contributed by atoms with Crippen molar-refractivity contribution in [3.05, 3.63) is 24.2 Å². The number of amides is 1. The van der Waals surface area contributed by atoms with Gasteiger partial charge in [0.15, 0.2) is 0 Å². The lowest BCUT2D eigenvalue weighted by Gasteiger charge is -2.24. The summed E-state index contributed by atoms with van der Waals surface area (Å²) in [5, 5.41) is 0. The first-order valence-corrected chi connectivity index (χ1v) is 5.72. The van der Waals surface area contributed by atoms with Gasteiger partial charge in [-0.05, 0) is 31.5 Å². The predicted molar refractivity (Wildman–Crippen MR) is 60.7 cm³/mol. The van der Waals surface area contributed by atoms with E-state index in [1.165, 1.54) is 0 Å². The number of carbonyl (C=O) groups is 1. The Balaban J connectivity index is 1.95. The third kappa shape index (κ3) is 2.27. The maximum absolute atomic E-state index is 11.8. The van der Waals surface area contributed by atoms with Crippen LogP contribution < -0.4 is 5.73 Å². The van der Waals surface area contributed by atoms with Crippen molar-refractivity contribution in [3.63, 3.8) is 0 Å². The van der Waals surface area contributed by atoms with Gasteiger partial charge in [0.1, 0.15) is 5.76 Å². The van der Waals surface area contributed by atoms with Crippen LogP contribution in [0.1, 0.15) is 19.1 Å². The summed E-state index contributed by atoms with van der Waals surface area (Å²) in [5.41, 5.74) is 5.60. The Hall–Kier alpha value is -1.29. The van der Waals surface area contributed by atoms with Crippen molar-refractivity contribution in [2.75, 3.05) is 13.1 Å². The molecule has 1 aliphatic rings. The zero-order valence-electron chi connectivity index (χ0n) is 9.56. The Morgan fingerprint density at radius 1 is 1.69 bits per heavy atom. The fraction of sp³-hybridized carbons (Fsp3) is 0.583. The smallest absolute Gasteiger partial charge is 0.223 e. The van der Waals surface area contributed by atoms with Gasteiger partial charge in [0.25, 0.3) is 0 Å². The van der Waals surface area contributed by atoms with Crippen LogP contribution in [-0.4, -0.2) is 29.9 Å². The Bertz CT molecular complexity index is 348. The van der Waals surface area contributed by atoms with Gasteiger partial charge in [0, 0.05) is 25.4 Å². The van der Waals surface area contributed by atoms with E-state index in [-0.39, 0.29) is 11.9 Å². The van der Waals surface area contributed by atoms with E-state index in [2.05, 4.69) is 6.92 Å². The zero-order chi connectivity index (χ0) is 11.5. The minimum Gasteiger partial charge on any atom is -0.469 e. The zero-order valence-corrected chi connectivity index (χ0v) is 9.56. The molecule has 2 atom stereocenters. The van der Waals surface area contributed by atoms with E-state index in [1.54, 1.807) is 6.26 Å². The highest BCUT2D eigenvalue weighted by Gasteiger charge is 2.31. The van der Waals surface area contributed by atoms with Crippen LogP contribution in [0, 0.1) is 5.92 Å². The van der Waals surface area contributed by atoms with Gasteiger partial charge in [-0.2, -0.15) is 0 Å². The highest BCUT2D eigenvalue weighted by Crippen LogP contribution is 2.21. The number of hydrogen-bond acceptors (Lipinski definition) is 3. The molecule has 0 bridgehead atoms. The number of furan rings is 1. The van der Waals surface area contributed by atoms with Crippen molar-refractivity contribution in [2.45, 2.75) is 25.8 Å². The van der Waals surface area contributed by atoms with Gasteiger partial charge >= 0.3 is 0 Å². The normalized spacial score (nSPS) is 22.8. The second kappa shape index (κ2) is 4.70. The first-order chi connectivity index (χ1) is 7.70. The summed E-state index contributed by atoms with van der Waals surface area (Å²) < 4.78 is 5.29. The molecule has 1 aliphatic heterocycles. The second-order valence-electron chi connectivity index (χ2n) is 4.48. The summed E-state index contributed by atoms with van der Waals surface area (Å²) in [5.74, 6) is 1.47. The van der Waals surface area contributed by atoms with Gasteiger partial charge in [-0.15, -0.1) is 0 Å². The van der Waals surface area contributed by atoms with Crippen LogP contribution in [0.3, 0.4) is 0 Å². The number of hydrogen-bond donors (Lipinski definition) is 1. The van der Waals surface area contributed by atoms with Crippen LogP contribution in [0.5, 0.6) is 0 Å². The maximum Gasteiger partial charge on any atom is 0.223 e. The van der Waals surface area contributed by atoms with Gasteiger partial charge in [0.2, 0.25) is 5.91 Å². The summed E-state index contributed by atoms with van der Waals surface area (Å²) in [6, 6.07) is 4.00. The average Bonchev–Trinajstić information content (AvgIpc) is 2.87. The molecule has 1 amide bonds. The highest BCUT2D eigenvalue weighted by atomic mass is 16.3. The molecule has 2 unspecified atom stereocenters. The summed E-state index contributed by atoms with van der Waals surface area (Å²) >= 11 is 0. The van der Waals surface area contributed by atoms with Crippen molar-refractivity contribution in [1.82, 2.24) is 4.90 Å². The van der Waals surface area contributed by atoms with Crippen LogP contribution in [0.4, 0.5) is 0 Å². The van der Waals surface area contributed by atoms with Crippen molar-refractivity contribution < 1.29 is 9.21 Å². The number of rotatable bonds is 4. The average molecular weight is 222 g/mol. The molecule has 4 nitrogen and oxygen atoms in total. The van der Waals surface area contributed by atoms with Gasteiger partial charge in [-0.1, -0.05) is 0 Å². The maximum atomic E-state index is 11.8. The number of nitrogens with two attached hydrogens (primary N) is 1. The predicted octanol–water partition coefficient (Wildman–Crippen LogP) is 1.02. The lowest BCUT2D eigenvalue weighted by Crippen LogP contribution is -2.36. The molecule has 2 heterocycles. The van der Waals surface area contributed by atoms with E-state index < -0.39 is 0 Å². The highest BCUT2D eigenvalue weighted by molar-refractivity contribution is 5.79. The number of carbonyl (C=O) groups excluding carboxylic acids is 1. The molecule has 0 spiro atoms. The molecule has 4 heteroatoms. The first kappa shape index (κ1) is 11.2. The molecule has 1 saturated heterocycles. The minimum atomic E-state index is 0.190. The van der Waals surface area contributed by atoms with E-state index in [4.69, 9.17) is 10.2 Å². The molecular weight excluding hydrogens is 204 g/mol. The molecule has 2 rings (SSSR count). The van der Waals surface area contributed by atoms with E-state index in [1.807, 2.05) is 17.0 Å². The van der Waals surface area contributed by atoms with Crippen molar-refractivity contribution in [3.8, 4) is 0 Å². The SMILES string of the molecule is CC(Cc1ccco1)N1CC(CN)CC1=O. The summed E-state index contributed by atoms with van der Waals surface area (Å²) in [6.07, 6.45) is 3.03. The summed E-state index contributed by atoms with van der Waals surface area (Å²) in [4.78, 5) is 13.7. The van der Waals surface area contributed by atoms with Crippen LogP contribution in [0.15, 0.2) is 22.8 Å². The van der Waals surface area contributed by atoms with E-state index in [0.717, 1.165) is 18.7 Å². The molecule has 1 aromatic heterocycles. The van der Waals surface area contributed by atoms with Gasteiger partial charge in [-0.3, -0.25) is 4.79 Å². The largest absolute Gasteiger partial charge is 0.469 e. The molecule has 0 radical (unpaired) electrons. The third-order valence-corrected chi connectivity index (χ3v) is 3.18. The van der Waals surface area contributed by atoms with Crippen LogP contribution in [0.25, 0.3) is 0 Å². The van der Waals surface area contributed by atoms with Gasteiger partial charge in [0.05, 0.1) is 6.26 Å². The quantitative estimate of drug-likeness (QED) is 0.827. The van der Waals surface area contributed by atoms with Crippen molar-refractivity contribution in [1.29, 1.82) is 0 Å². The molecule has 1 fully saturated rings. The van der Waals surface area contributed by atoms with Crippen LogP contribution in [0.2, 0.25) is 0 Å². The molecule has 0 aliphatic carbocycles. The van der Waals surface area contributed by atoms with E-state index in [9.17, 15) is 4.79 Å². The Morgan fingerprint density at radius 2 is 2.50 bits per heavy atom. The van der Waals surface area contributed by atoms with Crippen LogP contribution in [-0.2, 0) is 11.2 Å². The number of likely N-dealkylation sites (tertiary alicyclic amines) is 1. The van der Waals surface area contributed by atoms with Gasteiger partial charge < -0.3 is 15.1 Å². The Kier molecular flexibility index (Phi) is 3.29. The molecule has 2 N–H and O–H groups in total.